The minimum absolute atomic E-state index is 0.284. The number of rotatable bonds is 13. The van der Waals surface area contributed by atoms with E-state index in [0.29, 0.717) is 62.9 Å². The van der Waals surface area contributed by atoms with Crippen molar-refractivity contribution in [1.29, 1.82) is 0 Å². The second kappa shape index (κ2) is 16.4. The Balaban J connectivity index is 1.15. The second-order valence-corrected chi connectivity index (χ2v) is 14.7. The molecule has 4 aromatic rings. The minimum atomic E-state index is -0.284. The molecule has 10 nitrogen and oxygen atoms in total. The molecule has 0 radical (unpaired) electrons. The van der Waals surface area contributed by atoms with Crippen LogP contribution in [-0.4, -0.2) is 82.6 Å². The summed E-state index contributed by atoms with van der Waals surface area (Å²) in [5, 5.41) is 19.9. The van der Waals surface area contributed by atoms with E-state index in [4.69, 9.17) is 18.9 Å². The van der Waals surface area contributed by atoms with E-state index in [1.807, 2.05) is 12.1 Å². The zero-order valence-corrected chi connectivity index (χ0v) is 32.1. The molecular weight excluding hydrogens is 768 g/mol. The van der Waals surface area contributed by atoms with Crippen LogP contribution in [0.3, 0.4) is 0 Å². The van der Waals surface area contributed by atoms with Crippen molar-refractivity contribution in [3.8, 4) is 34.6 Å². The van der Waals surface area contributed by atoms with Gasteiger partial charge in [-0.05, 0) is 104 Å². The van der Waals surface area contributed by atoms with Gasteiger partial charge in [0.1, 0.15) is 13.2 Å². The van der Waals surface area contributed by atoms with Crippen molar-refractivity contribution in [3.05, 3.63) is 90.9 Å². The van der Waals surface area contributed by atoms with Crippen LogP contribution in [0.15, 0.2) is 57.5 Å². The highest BCUT2D eigenvalue weighted by atomic mass is 79.9. The van der Waals surface area contributed by atoms with Crippen molar-refractivity contribution in [2.24, 2.45) is 0 Å². The van der Waals surface area contributed by atoms with Gasteiger partial charge in [0, 0.05) is 50.4 Å². The number of ether oxygens (including phenoxy) is 4. The molecule has 4 heterocycles. The first-order valence-corrected chi connectivity index (χ1v) is 18.4. The molecule has 0 amide bonds. The average molecular weight is 813 g/mol. The normalized spacial score (nSPS) is 18.1. The summed E-state index contributed by atoms with van der Waals surface area (Å²) in [6.07, 6.45) is 0.990. The van der Waals surface area contributed by atoms with Crippen LogP contribution in [0.1, 0.15) is 46.2 Å². The first-order chi connectivity index (χ1) is 24.1. The van der Waals surface area contributed by atoms with Crippen molar-refractivity contribution < 1.29 is 29.2 Å². The fraction of sp³-hybridized carbons (Fsp3) is 0.421. The third-order valence-corrected chi connectivity index (χ3v) is 10.7. The second-order valence-electron chi connectivity index (χ2n) is 13.0. The Bertz CT molecular complexity index is 1690. The van der Waals surface area contributed by atoms with Crippen LogP contribution in [0.4, 0.5) is 0 Å². The number of aliphatic hydroxyl groups excluding tert-OH is 2. The lowest BCUT2D eigenvalue weighted by atomic mass is 9.92. The molecule has 2 aromatic carbocycles. The molecule has 0 bridgehead atoms. The van der Waals surface area contributed by atoms with E-state index in [1.165, 1.54) is 0 Å². The predicted molar refractivity (Wildman–Crippen MR) is 199 cm³/mol. The topological polar surface area (TPSA) is 110 Å². The van der Waals surface area contributed by atoms with Gasteiger partial charge < -0.3 is 29.2 Å². The van der Waals surface area contributed by atoms with Gasteiger partial charge in [0.25, 0.3) is 0 Å². The standard InChI is InChI=1S/C38H44Br2N4O6/c1-23-25(21-49-37-33(39)15-27(35(41-37)47-3)17-43-13-11-29(45)19-43)7-5-9-31(23)32-10-6-8-26(24(32)2)22-50-38-34(40)16-28(36(42-38)48-4)18-44-14-12-30(46)20-44/h5-10,15-16,29-30,45-46H,11-14,17-22H2,1-4H3/t29-,30-/m1/s1. The quantitative estimate of drug-likeness (QED) is 0.154. The Morgan fingerprint density at radius 1 is 0.660 bits per heavy atom. The highest BCUT2D eigenvalue weighted by Gasteiger charge is 2.24. The molecule has 266 valence electrons. The number of likely N-dealkylation sites (tertiary alicyclic amines) is 2. The van der Waals surface area contributed by atoms with Crippen molar-refractivity contribution in [2.75, 3.05) is 40.4 Å². The SMILES string of the molecule is COc1nc(OCc2cccc(-c3cccc(COc4nc(OC)c(CN5CC[C@@H](O)C5)cc4Br)c3C)c2C)c(Br)cc1CN1CC[C@@H](O)C1. The molecule has 2 saturated heterocycles. The Morgan fingerprint density at radius 2 is 1.08 bits per heavy atom. The van der Waals surface area contributed by atoms with Gasteiger partial charge in [-0.3, -0.25) is 9.80 Å². The zero-order chi connectivity index (χ0) is 35.4. The van der Waals surface area contributed by atoms with Crippen LogP contribution in [0, 0.1) is 13.8 Å². The third kappa shape index (κ3) is 8.43. The molecule has 12 heteroatoms. The van der Waals surface area contributed by atoms with E-state index in [0.717, 1.165) is 79.4 Å². The Morgan fingerprint density at radius 3 is 1.44 bits per heavy atom. The molecular formula is C38H44Br2N4O6. The van der Waals surface area contributed by atoms with Crippen molar-refractivity contribution in [3.63, 3.8) is 0 Å². The number of halogens is 2. The monoisotopic (exact) mass is 810 g/mol. The highest BCUT2D eigenvalue weighted by molar-refractivity contribution is 9.10. The summed E-state index contributed by atoms with van der Waals surface area (Å²) < 4.78 is 25.3. The molecule has 2 N–H and O–H groups in total. The van der Waals surface area contributed by atoms with Crippen molar-refractivity contribution in [1.82, 2.24) is 19.8 Å². The lowest BCUT2D eigenvalue weighted by Crippen LogP contribution is -2.22. The van der Waals surface area contributed by atoms with E-state index in [9.17, 15) is 10.2 Å². The molecule has 0 spiro atoms. The molecule has 50 heavy (non-hydrogen) atoms. The van der Waals surface area contributed by atoms with Crippen LogP contribution >= 0.6 is 31.9 Å². The summed E-state index contributed by atoms with van der Waals surface area (Å²) in [4.78, 5) is 13.7. The number of pyridine rings is 2. The van der Waals surface area contributed by atoms with Crippen LogP contribution in [0.25, 0.3) is 11.1 Å². The first-order valence-electron chi connectivity index (χ1n) is 16.8. The summed E-state index contributed by atoms with van der Waals surface area (Å²) in [6, 6.07) is 16.5. The van der Waals surface area contributed by atoms with Gasteiger partial charge in [-0.2, -0.15) is 9.97 Å². The summed E-state index contributed by atoms with van der Waals surface area (Å²) in [6.45, 7) is 9.19. The van der Waals surface area contributed by atoms with Gasteiger partial charge >= 0.3 is 0 Å². The lowest BCUT2D eigenvalue weighted by molar-refractivity contribution is 0.174. The van der Waals surface area contributed by atoms with Crippen molar-refractivity contribution in [2.45, 2.75) is 65.2 Å². The van der Waals surface area contributed by atoms with Crippen LogP contribution < -0.4 is 18.9 Å². The molecule has 2 aromatic heterocycles. The van der Waals surface area contributed by atoms with E-state index in [2.05, 4.69) is 102 Å². The minimum Gasteiger partial charge on any atom is -0.481 e. The molecule has 2 atom stereocenters. The number of aliphatic hydroxyl groups is 2. The maximum absolute atomic E-state index is 9.93. The number of nitrogens with zero attached hydrogens (tertiary/aromatic N) is 4. The number of hydrogen-bond donors (Lipinski definition) is 2. The predicted octanol–water partition coefficient (Wildman–Crippen LogP) is 6.59. The largest absolute Gasteiger partial charge is 0.481 e. The lowest BCUT2D eigenvalue weighted by Gasteiger charge is -2.19. The van der Waals surface area contributed by atoms with Gasteiger partial charge in [0.15, 0.2) is 0 Å². The maximum atomic E-state index is 9.93. The van der Waals surface area contributed by atoms with Crippen LogP contribution in [0.5, 0.6) is 23.5 Å². The molecule has 0 aliphatic carbocycles. The Hall–Kier alpha value is -3.26. The summed E-state index contributed by atoms with van der Waals surface area (Å²) in [7, 11) is 3.23. The first kappa shape index (κ1) is 36.5. The van der Waals surface area contributed by atoms with E-state index < -0.39 is 0 Å². The number of aromatic nitrogens is 2. The van der Waals surface area contributed by atoms with Gasteiger partial charge in [0.05, 0.1) is 35.4 Å². The molecule has 2 aliphatic rings. The molecule has 2 aliphatic heterocycles. The number of hydrogen-bond acceptors (Lipinski definition) is 10. The average Bonchev–Trinajstić information content (AvgIpc) is 3.71. The molecule has 2 fully saturated rings. The van der Waals surface area contributed by atoms with Gasteiger partial charge in [0.2, 0.25) is 23.5 Å². The van der Waals surface area contributed by atoms with Crippen LogP contribution in [-0.2, 0) is 26.3 Å². The molecule has 6 rings (SSSR count). The van der Waals surface area contributed by atoms with Crippen LogP contribution in [0.2, 0.25) is 0 Å². The fourth-order valence-corrected chi connectivity index (χ4v) is 7.68. The van der Waals surface area contributed by atoms with E-state index >= 15 is 0 Å². The Labute approximate surface area is 310 Å². The van der Waals surface area contributed by atoms with E-state index in [1.54, 1.807) is 14.2 Å². The summed E-state index contributed by atoms with van der Waals surface area (Å²) in [5.41, 5.74) is 8.47. The third-order valence-electron chi connectivity index (χ3n) is 9.55. The molecule has 0 saturated carbocycles. The van der Waals surface area contributed by atoms with Gasteiger partial charge in [-0.15, -0.1) is 0 Å². The highest BCUT2D eigenvalue weighted by Crippen LogP contribution is 2.35. The summed E-state index contributed by atoms with van der Waals surface area (Å²) >= 11 is 7.30. The maximum Gasteiger partial charge on any atom is 0.231 e. The molecule has 0 unspecified atom stereocenters. The number of β-amino-alcohol motifs (C(OH)–C–C–N with tert-alkyl or cyclic N) is 2. The van der Waals surface area contributed by atoms with Crippen molar-refractivity contribution >= 4 is 31.9 Å². The summed E-state index contributed by atoms with van der Waals surface area (Å²) in [5.74, 6) is 1.96. The zero-order valence-electron chi connectivity index (χ0n) is 28.9. The van der Waals surface area contributed by atoms with Gasteiger partial charge in [-0.1, -0.05) is 36.4 Å². The number of benzene rings is 2. The number of methoxy groups -OCH3 is 2. The Kier molecular flexibility index (Phi) is 12.0. The van der Waals surface area contributed by atoms with E-state index in [-0.39, 0.29) is 12.2 Å². The fourth-order valence-electron chi connectivity index (χ4n) is 6.72. The van der Waals surface area contributed by atoms with Gasteiger partial charge in [-0.25, -0.2) is 0 Å². The smallest absolute Gasteiger partial charge is 0.231 e.